The van der Waals surface area contributed by atoms with Gasteiger partial charge in [-0.2, -0.15) is 0 Å². The summed E-state index contributed by atoms with van der Waals surface area (Å²) in [5.41, 5.74) is 2.22. The first-order valence-corrected chi connectivity index (χ1v) is 6.04. The molecule has 2 rings (SSSR count). The maximum atomic E-state index is 5.29. The second kappa shape index (κ2) is 6.58. The SMILES string of the molecule is C#CCCNC(c1ccccc1)c1ccccn1. The fourth-order valence-electron chi connectivity index (χ4n) is 1.87. The van der Waals surface area contributed by atoms with E-state index in [1.165, 1.54) is 5.56 Å². The summed E-state index contributed by atoms with van der Waals surface area (Å²) in [6.45, 7) is 0.784. The summed E-state index contributed by atoms with van der Waals surface area (Å²) in [5.74, 6) is 2.64. The van der Waals surface area contributed by atoms with Crippen LogP contribution < -0.4 is 5.32 Å². The highest BCUT2D eigenvalue weighted by Crippen LogP contribution is 2.19. The van der Waals surface area contributed by atoms with Gasteiger partial charge in [0.25, 0.3) is 0 Å². The Labute approximate surface area is 108 Å². The molecular formula is C16H16N2. The predicted molar refractivity (Wildman–Crippen MR) is 74.0 cm³/mol. The van der Waals surface area contributed by atoms with Crippen molar-refractivity contribution in [2.45, 2.75) is 12.5 Å². The third-order valence-corrected chi connectivity index (χ3v) is 2.73. The minimum absolute atomic E-state index is 0.0979. The summed E-state index contributed by atoms with van der Waals surface area (Å²) in [4.78, 5) is 4.42. The lowest BCUT2D eigenvalue weighted by atomic mass is 10.0. The van der Waals surface area contributed by atoms with Gasteiger partial charge in [-0.15, -0.1) is 12.3 Å². The Kier molecular flexibility index (Phi) is 4.52. The molecular weight excluding hydrogens is 220 g/mol. The third kappa shape index (κ3) is 3.19. The molecule has 0 amide bonds. The van der Waals surface area contributed by atoms with Crippen LogP contribution in [0.15, 0.2) is 54.7 Å². The van der Waals surface area contributed by atoms with E-state index in [1.54, 1.807) is 0 Å². The van der Waals surface area contributed by atoms with E-state index in [9.17, 15) is 0 Å². The van der Waals surface area contributed by atoms with Crippen LogP contribution in [0, 0.1) is 12.3 Å². The van der Waals surface area contributed by atoms with Crippen molar-refractivity contribution in [2.75, 3.05) is 6.54 Å². The molecule has 0 saturated carbocycles. The van der Waals surface area contributed by atoms with Crippen LogP contribution in [0.25, 0.3) is 0 Å². The van der Waals surface area contributed by atoms with Gasteiger partial charge in [0.1, 0.15) is 0 Å². The van der Waals surface area contributed by atoms with E-state index in [1.807, 2.05) is 42.6 Å². The van der Waals surface area contributed by atoms with Crippen LogP contribution in [0.2, 0.25) is 0 Å². The number of hydrogen-bond acceptors (Lipinski definition) is 2. The van der Waals surface area contributed by atoms with Gasteiger partial charge in [0.05, 0.1) is 11.7 Å². The summed E-state index contributed by atoms with van der Waals surface area (Å²) in [6.07, 6.45) is 7.82. The second-order valence-electron chi connectivity index (χ2n) is 4.01. The zero-order chi connectivity index (χ0) is 12.6. The summed E-state index contributed by atoms with van der Waals surface area (Å²) < 4.78 is 0. The van der Waals surface area contributed by atoms with Gasteiger partial charge in [0.15, 0.2) is 0 Å². The van der Waals surface area contributed by atoms with Crippen LogP contribution in [0.1, 0.15) is 23.7 Å². The van der Waals surface area contributed by atoms with Crippen molar-refractivity contribution in [2.24, 2.45) is 0 Å². The van der Waals surface area contributed by atoms with E-state index in [2.05, 4.69) is 28.4 Å². The van der Waals surface area contributed by atoms with Crippen LogP contribution in [0.5, 0.6) is 0 Å². The highest BCUT2D eigenvalue weighted by Gasteiger charge is 2.13. The molecule has 90 valence electrons. The molecule has 1 N–H and O–H groups in total. The van der Waals surface area contributed by atoms with Crippen LogP contribution in [-0.2, 0) is 0 Å². The molecule has 0 radical (unpaired) electrons. The quantitative estimate of drug-likeness (QED) is 0.638. The van der Waals surface area contributed by atoms with E-state index in [4.69, 9.17) is 6.42 Å². The Bertz CT molecular complexity index is 460. The zero-order valence-corrected chi connectivity index (χ0v) is 10.2. The molecule has 0 bridgehead atoms. The maximum Gasteiger partial charge on any atom is 0.0751 e. The van der Waals surface area contributed by atoms with E-state index in [0.29, 0.717) is 0 Å². The minimum atomic E-state index is 0.0979. The van der Waals surface area contributed by atoms with Gasteiger partial charge in [-0.3, -0.25) is 4.98 Å². The summed E-state index contributed by atoms with van der Waals surface area (Å²) in [6, 6.07) is 16.3. The standard InChI is InChI=1S/C16H16N2/c1-2-3-12-18-16(14-9-5-4-6-10-14)15-11-7-8-13-17-15/h1,4-11,13,16,18H,3,12H2. The number of nitrogens with zero attached hydrogens (tertiary/aromatic N) is 1. The molecule has 2 aromatic rings. The Balaban J connectivity index is 2.21. The van der Waals surface area contributed by atoms with Crippen molar-refractivity contribution < 1.29 is 0 Å². The Morgan fingerprint density at radius 2 is 1.89 bits per heavy atom. The number of hydrogen-bond donors (Lipinski definition) is 1. The van der Waals surface area contributed by atoms with Gasteiger partial charge < -0.3 is 5.32 Å². The smallest absolute Gasteiger partial charge is 0.0751 e. The fourth-order valence-corrected chi connectivity index (χ4v) is 1.87. The van der Waals surface area contributed by atoms with Crippen LogP contribution >= 0.6 is 0 Å². The van der Waals surface area contributed by atoms with Crippen LogP contribution in [0.3, 0.4) is 0 Å². The topological polar surface area (TPSA) is 24.9 Å². The molecule has 0 spiro atoms. The number of pyridine rings is 1. The molecule has 0 saturated heterocycles. The second-order valence-corrected chi connectivity index (χ2v) is 4.01. The molecule has 0 fully saturated rings. The summed E-state index contributed by atoms with van der Waals surface area (Å²) in [7, 11) is 0. The largest absolute Gasteiger partial charge is 0.304 e. The molecule has 1 aromatic carbocycles. The average molecular weight is 236 g/mol. The molecule has 0 aliphatic rings. The number of aromatic nitrogens is 1. The third-order valence-electron chi connectivity index (χ3n) is 2.73. The Morgan fingerprint density at radius 3 is 2.56 bits per heavy atom. The number of rotatable bonds is 5. The lowest BCUT2D eigenvalue weighted by molar-refractivity contribution is 0.601. The zero-order valence-electron chi connectivity index (χ0n) is 10.2. The highest BCUT2D eigenvalue weighted by atomic mass is 14.9. The molecule has 1 unspecified atom stereocenters. The number of nitrogens with one attached hydrogen (secondary N) is 1. The monoisotopic (exact) mass is 236 g/mol. The lowest BCUT2D eigenvalue weighted by Crippen LogP contribution is -2.24. The molecule has 1 atom stereocenters. The molecule has 2 nitrogen and oxygen atoms in total. The first-order chi connectivity index (χ1) is 8.92. The lowest BCUT2D eigenvalue weighted by Gasteiger charge is -2.18. The van der Waals surface area contributed by atoms with Gasteiger partial charge in [0, 0.05) is 19.2 Å². The average Bonchev–Trinajstić information content (AvgIpc) is 2.46. The predicted octanol–water partition coefficient (Wildman–Crippen LogP) is 2.78. The highest BCUT2D eigenvalue weighted by molar-refractivity contribution is 5.27. The van der Waals surface area contributed by atoms with Crippen molar-refractivity contribution in [3.8, 4) is 12.3 Å². The van der Waals surface area contributed by atoms with Gasteiger partial charge in [-0.1, -0.05) is 36.4 Å². The van der Waals surface area contributed by atoms with E-state index in [-0.39, 0.29) is 6.04 Å². The normalized spacial score (nSPS) is 11.7. The van der Waals surface area contributed by atoms with E-state index >= 15 is 0 Å². The van der Waals surface area contributed by atoms with Gasteiger partial charge in [-0.25, -0.2) is 0 Å². The van der Waals surface area contributed by atoms with Gasteiger partial charge >= 0.3 is 0 Å². The Hall–Kier alpha value is -2.11. The number of terminal acetylenes is 1. The summed E-state index contributed by atoms with van der Waals surface area (Å²) in [5, 5.41) is 3.45. The molecule has 1 aromatic heterocycles. The number of benzene rings is 1. The fraction of sp³-hybridized carbons (Fsp3) is 0.188. The van der Waals surface area contributed by atoms with Crippen molar-refractivity contribution in [3.63, 3.8) is 0 Å². The van der Waals surface area contributed by atoms with Crippen LogP contribution in [0.4, 0.5) is 0 Å². The van der Waals surface area contributed by atoms with E-state index in [0.717, 1.165) is 18.7 Å². The maximum absolute atomic E-state index is 5.29. The van der Waals surface area contributed by atoms with Gasteiger partial charge in [-0.05, 0) is 17.7 Å². The molecule has 0 aliphatic carbocycles. The molecule has 2 heteroatoms. The molecule has 18 heavy (non-hydrogen) atoms. The first kappa shape index (κ1) is 12.3. The van der Waals surface area contributed by atoms with Crippen molar-refractivity contribution in [1.82, 2.24) is 10.3 Å². The van der Waals surface area contributed by atoms with E-state index < -0.39 is 0 Å². The first-order valence-electron chi connectivity index (χ1n) is 6.04. The van der Waals surface area contributed by atoms with Gasteiger partial charge in [0.2, 0.25) is 0 Å². The minimum Gasteiger partial charge on any atom is -0.304 e. The van der Waals surface area contributed by atoms with Crippen molar-refractivity contribution in [3.05, 3.63) is 66.0 Å². The van der Waals surface area contributed by atoms with Crippen LogP contribution in [-0.4, -0.2) is 11.5 Å². The van der Waals surface area contributed by atoms with Crippen molar-refractivity contribution >= 4 is 0 Å². The molecule has 1 heterocycles. The molecule has 0 aliphatic heterocycles. The Morgan fingerprint density at radius 1 is 1.11 bits per heavy atom. The van der Waals surface area contributed by atoms with Crippen molar-refractivity contribution in [1.29, 1.82) is 0 Å². The summed E-state index contributed by atoms with van der Waals surface area (Å²) >= 11 is 0.